The Morgan fingerprint density at radius 2 is 2.32 bits per heavy atom. The standard InChI is InChI=1S/C12H14N4O3/c1-8(17)16(2)5-6-19-12-14-10-7-13-4-3-9(10)11(18)15-12/h3-4,7H,5-6H2,1-2H3,(H,14,15,18). The van der Waals surface area contributed by atoms with Crippen molar-refractivity contribution in [2.75, 3.05) is 20.2 Å². The number of fused-ring (bicyclic) bond motifs is 1. The normalized spacial score (nSPS) is 10.4. The van der Waals surface area contributed by atoms with E-state index in [1.54, 1.807) is 13.1 Å². The summed E-state index contributed by atoms with van der Waals surface area (Å²) in [5.41, 5.74) is 0.198. The number of nitrogens with one attached hydrogen (secondary N) is 1. The minimum atomic E-state index is -0.276. The molecule has 0 spiro atoms. The van der Waals surface area contributed by atoms with Gasteiger partial charge in [0.15, 0.2) is 0 Å². The molecule has 7 heteroatoms. The van der Waals surface area contributed by atoms with Crippen LogP contribution in [0.15, 0.2) is 23.3 Å². The van der Waals surface area contributed by atoms with Crippen LogP contribution in [0.2, 0.25) is 0 Å². The third-order valence-corrected chi connectivity index (χ3v) is 2.69. The number of carbonyl (C=O) groups is 1. The van der Waals surface area contributed by atoms with Crippen LogP contribution in [0, 0.1) is 0 Å². The summed E-state index contributed by atoms with van der Waals surface area (Å²) in [5.74, 6) is -0.0484. The summed E-state index contributed by atoms with van der Waals surface area (Å²) in [6.07, 6.45) is 3.03. The Hall–Kier alpha value is -2.44. The average Bonchev–Trinajstić information content (AvgIpc) is 2.38. The Balaban J connectivity index is 2.09. The first-order chi connectivity index (χ1) is 9.08. The third kappa shape index (κ3) is 3.06. The maximum atomic E-state index is 11.7. The fraction of sp³-hybridized carbons (Fsp3) is 0.333. The first kappa shape index (κ1) is 13.0. The molecule has 0 saturated heterocycles. The number of carbonyl (C=O) groups excluding carboxylic acids is 1. The Kier molecular flexibility index (Phi) is 3.74. The number of aromatic nitrogens is 3. The predicted molar refractivity (Wildman–Crippen MR) is 69.0 cm³/mol. The molecule has 0 atom stereocenters. The number of hydrogen-bond donors (Lipinski definition) is 1. The molecule has 19 heavy (non-hydrogen) atoms. The molecule has 0 fully saturated rings. The second kappa shape index (κ2) is 5.47. The van der Waals surface area contributed by atoms with Crippen LogP contribution in [0.5, 0.6) is 6.01 Å². The van der Waals surface area contributed by atoms with E-state index in [4.69, 9.17) is 4.74 Å². The molecule has 1 N–H and O–H groups in total. The zero-order valence-corrected chi connectivity index (χ0v) is 10.7. The van der Waals surface area contributed by atoms with Gasteiger partial charge in [0.05, 0.1) is 23.6 Å². The molecule has 0 unspecified atom stereocenters. The van der Waals surface area contributed by atoms with Crippen molar-refractivity contribution in [1.82, 2.24) is 19.9 Å². The molecule has 0 saturated carbocycles. The van der Waals surface area contributed by atoms with Crippen molar-refractivity contribution < 1.29 is 9.53 Å². The minimum absolute atomic E-state index is 0.0484. The quantitative estimate of drug-likeness (QED) is 0.848. The number of amides is 1. The lowest BCUT2D eigenvalue weighted by Crippen LogP contribution is -2.29. The summed E-state index contributed by atoms with van der Waals surface area (Å²) in [6, 6.07) is 1.72. The van der Waals surface area contributed by atoms with Crippen molar-refractivity contribution in [1.29, 1.82) is 0 Å². The van der Waals surface area contributed by atoms with Crippen molar-refractivity contribution in [2.24, 2.45) is 0 Å². The Labute approximate surface area is 109 Å². The van der Waals surface area contributed by atoms with Gasteiger partial charge in [0, 0.05) is 20.2 Å². The lowest BCUT2D eigenvalue weighted by molar-refractivity contribution is -0.127. The van der Waals surface area contributed by atoms with Crippen LogP contribution in [0.25, 0.3) is 10.9 Å². The topological polar surface area (TPSA) is 88.2 Å². The van der Waals surface area contributed by atoms with Crippen molar-refractivity contribution in [2.45, 2.75) is 6.92 Å². The zero-order valence-electron chi connectivity index (χ0n) is 10.7. The first-order valence-corrected chi connectivity index (χ1v) is 5.76. The van der Waals surface area contributed by atoms with Crippen LogP contribution in [0.3, 0.4) is 0 Å². The van der Waals surface area contributed by atoms with Gasteiger partial charge in [-0.3, -0.25) is 19.6 Å². The Morgan fingerprint density at radius 3 is 3.05 bits per heavy atom. The molecule has 1 amide bonds. The number of aromatic amines is 1. The molecule has 2 heterocycles. The van der Waals surface area contributed by atoms with Gasteiger partial charge in [-0.15, -0.1) is 0 Å². The highest BCUT2D eigenvalue weighted by molar-refractivity contribution is 5.76. The van der Waals surface area contributed by atoms with Gasteiger partial charge in [0.25, 0.3) is 11.6 Å². The molecular formula is C12H14N4O3. The van der Waals surface area contributed by atoms with Crippen molar-refractivity contribution in [3.8, 4) is 6.01 Å². The van der Waals surface area contributed by atoms with Gasteiger partial charge >= 0.3 is 0 Å². The average molecular weight is 262 g/mol. The second-order valence-electron chi connectivity index (χ2n) is 4.05. The number of likely N-dealkylation sites (N-methyl/N-ethyl adjacent to an activating group) is 1. The van der Waals surface area contributed by atoms with Crippen molar-refractivity contribution in [3.63, 3.8) is 0 Å². The second-order valence-corrected chi connectivity index (χ2v) is 4.05. The summed E-state index contributed by atoms with van der Waals surface area (Å²) >= 11 is 0. The molecule has 0 bridgehead atoms. The van der Waals surface area contributed by atoms with E-state index in [0.29, 0.717) is 17.4 Å². The van der Waals surface area contributed by atoms with Crippen LogP contribution >= 0.6 is 0 Å². The smallest absolute Gasteiger partial charge is 0.297 e. The van der Waals surface area contributed by atoms with Gasteiger partial charge in [-0.2, -0.15) is 4.98 Å². The molecule has 0 radical (unpaired) electrons. The highest BCUT2D eigenvalue weighted by Gasteiger charge is 2.06. The van der Waals surface area contributed by atoms with Crippen molar-refractivity contribution >= 4 is 16.8 Å². The molecule has 2 rings (SSSR count). The van der Waals surface area contributed by atoms with Gasteiger partial charge in [-0.05, 0) is 6.07 Å². The van der Waals surface area contributed by atoms with Crippen molar-refractivity contribution in [3.05, 3.63) is 28.8 Å². The molecule has 7 nitrogen and oxygen atoms in total. The minimum Gasteiger partial charge on any atom is -0.463 e. The first-order valence-electron chi connectivity index (χ1n) is 5.76. The number of nitrogens with zero attached hydrogens (tertiary/aromatic N) is 3. The van der Waals surface area contributed by atoms with E-state index < -0.39 is 0 Å². The highest BCUT2D eigenvalue weighted by Crippen LogP contribution is 2.07. The van der Waals surface area contributed by atoms with E-state index in [1.165, 1.54) is 24.2 Å². The van der Waals surface area contributed by atoms with E-state index in [-0.39, 0.29) is 24.1 Å². The Morgan fingerprint density at radius 1 is 1.53 bits per heavy atom. The molecule has 0 aliphatic heterocycles. The summed E-state index contributed by atoms with van der Waals surface area (Å²) in [6.45, 7) is 2.15. The number of rotatable bonds is 4. The van der Waals surface area contributed by atoms with Crippen LogP contribution in [0.1, 0.15) is 6.92 Å². The third-order valence-electron chi connectivity index (χ3n) is 2.69. The summed E-state index contributed by atoms with van der Waals surface area (Å²) in [4.78, 5) is 34.8. The van der Waals surface area contributed by atoms with Crippen LogP contribution in [-0.4, -0.2) is 46.0 Å². The monoisotopic (exact) mass is 262 g/mol. The van der Waals surface area contributed by atoms with Gasteiger partial charge in [0.1, 0.15) is 6.61 Å². The van der Waals surface area contributed by atoms with E-state index in [9.17, 15) is 9.59 Å². The lowest BCUT2D eigenvalue weighted by atomic mass is 10.3. The largest absolute Gasteiger partial charge is 0.463 e. The number of pyridine rings is 1. The summed E-state index contributed by atoms with van der Waals surface area (Å²) < 4.78 is 5.33. The molecule has 2 aromatic rings. The van der Waals surface area contributed by atoms with Crippen LogP contribution in [0.4, 0.5) is 0 Å². The number of ether oxygens (including phenoxy) is 1. The Bertz CT molecular complexity index is 653. The van der Waals surface area contributed by atoms with Gasteiger partial charge in [-0.25, -0.2) is 0 Å². The van der Waals surface area contributed by atoms with Crippen LogP contribution in [-0.2, 0) is 4.79 Å². The SMILES string of the molecule is CC(=O)N(C)CCOc1nc2cnccc2c(=O)[nH]1. The predicted octanol–water partition coefficient (Wildman–Crippen LogP) is 0.175. The van der Waals surface area contributed by atoms with Gasteiger partial charge in [0.2, 0.25) is 5.91 Å². The molecule has 0 aromatic carbocycles. The molecule has 0 aliphatic rings. The van der Waals surface area contributed by atoms with E-state index >= 15 is 0 Å². The molecular weight excluding hydrogens is 248 g/mol. The zero-order chi connectivity index (χ0) is 13.8. The summed E-state index contributed by atoms with van der Waals surface area (Å²) in [5, 5.41) is 0.461. The molecule has 100 valence electrons. The highest BCUT2D eigenvalue weighted by atomic mass is 16.5. The van der Waals surface area contributed by atoms with Crippen LogP contribution < -0.4 is 10.3 Å². The fourth-order valence-electron chi connectivity index (χ4n) is 1.47. The van der Waals surface area contributed by atoms with E-state index in [2.05, 4.69) is 15.0 Å². The lowest BCUT2D eigenvalue weighted by Gasteiger charge is -2.14. The number of hydrogen-bond acceptors (Lipinski definition) is 5. The molecule has 0 aliphatic carbocycles. The summed E-state index contributed by atoms with van der Waals surface area (Å²) in [7, 11) is 1.67. The van der Waals surface area contributed by atoms with Gasteiger partial charge in [-0.1, -0.05) is 0 Å². The maximum Gasteiger partial charge on any atom is 0.297 e. The van der Waals surface area contributed by atoms with E-state index in [0.717, 1.165) is 0 Å². The van der Waals surface area contributed by atoms with Gasteiger partial charge < -0.3 is 9.64 Å². The number of H-pyrrole nitrogens is 1. The maximum absolute atomic E-state index is 11.7. The fourth-order valence-corrected chi connectivity index (χ4v) is 1.47. The molecule has 2 aromatic heterocycles. The van der Waals surface area contributed by atoms with E-state index in [1.807, 2.05) is 0 Å².